The van der Waals surface area contributed by atoms with Crippen LogP contribution in [0.25, 0.3) is 0 Å². The van der Waals surface area contributed by atoms with Crippen molar-refractivity contribution in [2.45, 2.75) is 32.6 Å². The summed E-state index contributed by atoms with van der Waals surface area (Å²) in [7, 11) is 1.49. The van der Waals surface area contributed by atoms with Crippen LogP contribution in [0.3, 0.4) is 0 Å². The number of rotatable bonds is 3. The van der Waals surface area contributed by atoms with Crippen molar-refractivity contribution in [3.8, 4) is 0 Å². The quantitative estimate of drug-likeness (QED) is 0.696. The van der Waals surface area contributed by atoms with Crippen LogP contribution in [0.2, 0.25) is 0 Å². The molecule has 0 heterocycles. The molecular weight excluding hydrogens is 212 g/mol. The van der Waals surface area contributed by atoms with E-state index in [4.69, 9.17) is 4.74 Å². The summed E-state index contributed by atoms with van der Waals surface area (Å²) < 4.78 is 5.01. The Labute approximate surface area is 102 Å². The molecule has 2 atom stereocenters. The van der Waals surface area contributed by atoms with Crippen LogP contribution < -0.4 is 0 Å². The van der Waals surface area contributed by atoms with Crippen molar-refractivity contribution in [1.29, 1.82) is 0 Å². The Hall–Kier alpha value is -1.31. The lowest BCUT2D eigenvalue weighted by molar-refractivity contribution is -0.150. The van der Waals surface area contributed by atoms with Crippen molar-refractivity contribution in [3.05, 3.63) is 34.9 Å². The maximum absolute atomic E-state index is 12.1. The lowest BCUT2D eigenvalue weighted by atomic mass is 9.72. The molecule has 0 aliphatic heterocycles. The van der Waals surface area contributed by atoms with Gasteiger partial charge in [0, 0.05) is 5.92 Å². The maximum atomic E-state index is 12.1. The van der Waals surface area contributed by atoms with E-state index in [-0.39, 0.29) is 5.97 Å². The SMILES string of the molecule is CCCC1(C(=O)OC)C=CC2=CC3CC3=C2C1. The number of allylic oxidation sites excluding steroid dienone is 5. The molecule has 0 saturated heterocycles. The second kappa shape index (κ2) is 3.59. The van der Waals surface area contributed by atoms with Gasteiger partial charge in [0.15, 0.2) is 0 Å². The van der Waals surface area contributed by atoms with Gasteiger partial charge in [0.2, 0.25) is 0 Å². The van der Waals surface area contributed by atoms with Crippen LogP contribution in [-0.2, 0) is 9.53 Å². The summed E-state index contributed by atoms with van der Waals surface area (Å²) in [6.45, 7) is 2.12. The number of carbonyl (C=O) groups excluding carboxylic acids is 1. The molecule has 2 nitrogen and oxygen atoms in total. The molecule has 3 rings (SSSR count). The zero-order valence-electron chi connectivity index (χ0n) is 10.5. The van der Waals surface area contributed by atoms with Crippen LogP contribution in [-0.4, -0.2) is 13.1 Å². The van der Waals surface area contributed by atoms with Crippen molar-refractivity contribution < 1.29 is 9.53 Å². The summed E-state index contributed by atoms with van der Waals surface area (Å²) >= 11 is 0. The number of fused-ring (bicyclic) bond motifs is 2. The second-order valence-corrected chi connectivity index (χ2v) is 5.34. The largest absolute Gasteiger partial charge is 0.468 e. The van der Waals surface area contributed by atoms with Crippen LogP contribution in [0.4, 0.5) is 0 Å². The fourth-order valence-corrected chi connectivity index (χ4v) is 3.25. The molecule has 0 bridgehead atoms. The number of carbonyl (C=O) groups is 1. The molecule has 17 heavy (non-hydrogen) atoms. The summed E-state index contributed by atoms with van der Waals surface area (Å²) in [6, 6.07) is 0. The van der Waals surface area contributed by atoms with Crippen LogP contribution >= 0.6 is 0 Å². The van der Waals surface area contributed by atoms with Gasteiger partial charge in [-0.2, -0.15) is 0 Å². The molecule has 2 unspecified atom stereocenters. The maximum Gasteiger partial charge on any atom is 0.316 e. The van der Waals surface area contributed by atoms with Gasteiger partial charge in [0.1, 0.15) is 0 Å². The highest BCUT2D eigenvalue weighted by Gasteiger charge is 2.45. The minimum atomic E-state index is -0.402. The first-order chi connectivity index (χ1) is 8.20. The van der Waals surface area contributed by atoms with Crippen LogP contribution in [0, 0.1) is 11.3 Å². The molecule has 3 aliphatic carbocycles. The molecule has 0 aromatic heterocycles. The van der Waals surface area contributed by atoms with E-state index >= 15 is 0 Å². The van der Waals surface area contributed by atoms with Gasteiger partial charge in [-0.15, -0.1) is 0 Å². The zero-order chi connectivity index (χ0) is 12.0. The van der Waals surface area contributed by atoms with Gasteiger partial charge < -0.3 is 4.74 Å². The summed E-state index contributed by atoms with van der Waals surface area (Å²) in [4.78, 5) is 12.1. The first-order valence-electron chi connectivity index (χ1n) is 6.42. The zero-order valence-corrected chi connectivity index (χ0v) is 10.5. The van der Waals surface area contributed by atoms with E-state index in [9.17, 15) is 4.79 Å². The van der Waals surface area contributed by atoms with Crippen LogP contribution in [0.5, 0.6) is 0 Å². The Morgan fingerprint density at radius 3 is 3.12 bits per heavy atom. The Kier molecular flexibility index (Phi) is 2.29. The number of esters is 1. The Bertz CT molecular complexity index is 467. The van der Waals surface area contributed by atoms with Crippen molar-refractivity contribution in [3.63, 3.8) is 0 Å². The predicted octanol–water partition coefficient (Wildman–Crippen LogP) is 3.16. The first-order valence-corrected chi connectivity index (χ1v) is 6.42. The van der Waals surface area contributed by atoms with Crippen LogP contribution in [0.1, 0.15) is 32.6 Å². The normalized spacial score (nSPS) is 33.1. The van der Waals surface area contributed by atoms with Gasteiger partial charge >= 0.3 is 5.97 Å². The fourth-order valence-electron chi connectivity index (χ4n) is 3.25. The summed E-state index contributed by atoms with van der Waals surface area (Å²) in [5, 5.41) is 0. The van der Waals surface area contributed by atoms with E-state index in [0.717, 1.165) is 19.3 Å². The summed E-state index contributed by atoms with van der Waals surface area (Å²) in [6.07, 6.45) is 10.5. The third kappa shape index (κ3) is 1.50. The van der Waals surface area contributed by atoms with Crippen molar-refractivity contribution in [2.75, 3.05) is 7.11 Å². The molecule has 0 spiro atoms. The van der Waals surface area contributed by atoms with Gasteiger partial charge in [-0.3, -0.25) is 4.79 Å². The van der Waals surface area contributed by atoms with Crippen molar-refractivity contribution >= 4 is 5.97 Å². The average molecular weight is 230 g/mol. The van der Waals surface area contributed by atoms with Gasteiger partial charge in [-0.05, 0) is 30.4 Å². The molecule has 1 fully saturated rings. The number of hydrogen-bond donors (Lipinski definition) is 0. The topological polar surface area (TPSA) is 26.3 Å². The molecule has 2 heteroatoms. The standard InChI is InChI=1S/C15H18O2/c1-3-5-15(14(16)17-2)6-4-10-7-11-8-12(11)13(10)9-15/h4,6-7,11H,3,5,8-9H2,1-2H3. The van der Waals surface area contributed by atoms with Crippen molar-refractivity contribution in [2.24, 2.45) is 11.3 Å². The van der Waals surface area contributed by atoms with E-state index < -0.39 is 5.41 Å². The molecule has 0 radical (unpaired) electrons. The van der Waals surface area contributed by atoms with E-state index in [1.807, 2.05) is 0 Å². The predicted molar refractivity (Wildman–Crippen MR) is 66.3 cm³/mol. The number of ether oxygens (including phenoxy) is 1. The molecule has 1 saturated carbocycles. The summed E-state index contributed by atoms with van der Waals surface area (Å²) in [5.74, 6) is 0.617. The van der Waals surface area contributed by atoms with E-state index in [1.54, 1.807) is 5.57 Å². The highest BCUT2D eigenvalue weighted by molar-refractivity contribution is 5.81. The van der Waals surface area contributed by atoms with Gasteiger partial charge in [0.05, 0.1) is 12.5 Å². The highest BCUT2D eigenvalue weighted by atomic mass is 16.5. The fraction of sp³-hybridized carbons (Fsp3) is 0.533. The molecule has 0 aromatic carbocycles. The minimum Gasteiger partial charge on any atom is -0.468 e. The summed E-state index contributed by atoms with van der Waals surface area (Å²) in [5.41, 5.74) is 3.94. The molecular formula is C15H18O2. The second-order valence-electron chi connectivity index (χ2n) is 5.34. The highest BCUT2D eigenvalue weighted by Crippen LogP contribution is 2.55. The third-order valence-corrected chi connectivity index (χ3v) is 4.21. The lowest BCUT2D eigenvalue weighted by Gasteiger charge is -2.32. The molecule has 90 valence electrons. The smallest absolute Gasteiger partial charge is 0.316 e. The molecule has 0 amide bonds. The van der Waals surface area contributed by atoms with Crippen LogP contribution in [0.15, 0.2) is 34.9 Å². The average Bonchev–Trinajstić information content (AvgIpc) is 3.03. The molecule has 0 N–H and O–H groups in total. The van der Waals surface area contributed by atoms with Gasteiger partial charge in [-0.25, -0.2) is 0 Å². The molecule has 3 aliphatic rings. The minimum absolute atomic E-state index is 0.0770. The Morgan fingerprint density at radius 2 is 2.41 bits per heavy atom. The van der Waals surface area contributed by atoms with Crippen molar-refractivity contribution in [1.82, 2.24) is 0 Å². The van der Waals surface area contributed by atoms with E-state index in [0.29, 0.717) is 5.92 Å². The van der Waals surface area contributed by atoms with Gasteiger partial charge in [-0.1, -0.05) is 37.1 Å². The monoisotopic (exact) mass is 230 g/mol. The Balaban J connectivity index is 1.97. The first kappa shape index (κ1) is 10.8. The number of hydrogen-bond acceptors (Lipinski definition) is 2. The molecule has 0 aromatic rings. The van der Waals surface area contributed by atoms with Gasteiger partial charge in [0.25, 0.3) is 0 Å². The van der Waals surface area contributed by atoms with E-state index in [2.05, 4.69) is 25.2 Å². The third-order valence-electron chi connectivity index (χ3n) is 4.21. The number of methoxy groups -OCH3 is 1. The lowest BCUT2D eigenvalue weighted by Crippen LogP contribution is -2.32. The van der Waals surface area contributed by atoms with E-state index in [1.165, 1.54) is 24.7 Å². The Morgan fingerprint density at radius 1 is 1.59 bits per heavy atom.